The summed E-state index contributed by atoms with van der Waals surface area (Å²) < 4.78 is 5.36. The predicted octanol–water partition coefficient (Wildman–Crippen LogP) is 2.14. The third-order valence-corrected chi connectivity index (χ3v) is 3.43. The lowest BCUT2D eigenvalue weighted by Crippen LogP contribution is -2.46. The first-order valence-corrected chi connectivity index (χ1v) is 7.12. The SMILES string of the molecule is CCNC(=NCC(O)(CC)CC)NCC(C)(C)OC.I. The Kier molecular flexibility index (Phi) is 11.8. The molecule has 0 aromatic rings. The van der Waals surface area contributed by atoms with E-state index in [1.54, 1.807) is 7.11 Å². The van der Waals surface area contributed by atoms with Crippen LogP contribution in [0.2, 0.25) is 0 Å². The van der Waals surface area contributed by atoms with Crippen LogP contribution in [-0.4, -0.2) is 49.0 Å². The fourth-order valence-corrected chi connectivity index (χ4v) is 1.41. The standard InChI is InChI=1S/C14H31N3O2.HI/c1-7-14(18,8-2)11-17-12(15-9-3)16-10-13(4,5)19-6;/h18H,7-11H2,1-6H3,(H2,15,16,17);1H. The van der Waals surface area contributed by atoms with Crippen molar-refractivity contribution in [2.75, 3.05) is 26.7 Å². The van der Waals surface area contributed by atoms with E-state index in [9.17, 15) is 5.11 Å². The van der Waals surface area contributed by atoms with Crippen LogP contribution in [0.4, 0.5) is 0 Å². The van der Waals surface area contributed by atoms with Crippen molar-refractivity contribution in [1.82, 2.24) is 10.6 Å². The van der Waals surface area contributed by atoms with Crippen LogP contribution in [0.3, 0.4) is 0 Å². The molecule has 0 unspecified atom stereocenters. The highest BCUT2D eigenvalue weighted by Gasteiger charge is 2.22. The molecule has 0 aliphatic rings. The van der Waals surface area contributed by atoms with E-state index < -0.39 is 5.60 Å². The molecule has 0 aromatic carbocycles. The van der Waals surface area contributed by atoms with Gasteiger partial charge < -0.3 is 20.5 Å². The zero-order valence-corrected chi connectivity index (χ0v) is 16.1. The number of nitrogens with zero attached hydrogens (tertiary/aromatic N) is 1. The number of guanidine groups is 1. The summed E-state index contributed by atoms with van der Waals surface area (Å²) in [6.07, 6.45) is 1.41. The Hall–Kier alpha value is -0.0800. The summed E-state index contributed by atoms with van der Waals surface area (Å²) >= 11 is 0. The summed E-state index contributed by atoms with van der Waals surface area (Å²) in [5.41, 5.74) is -0.957. The van der Waals surface area contributed by atoms with Gasteiger partial charge in [0.05, 0.1) is 17.7 Å². The molecule has 0 aliphatic carbocycles. The molecule has 0 atom stereocenters. The Bertz CT molecular complexity index is 280. The number of hydrogen-bond donors (Lipinski definition) is 3. The molecule has 5 nitrogen and oxygen atoms in total. The highest BCUT2D eigenvalue weighted by molar-refractivity contribution is 14.0. The smallest absolute Gasteiger partial charge is 0.191 e. The van der Waals surface area contributed by atoms with Crippen LogP contribution in [-0.2, 0) is 4.74 Å². The third kappa shape index (κ3) is 8.97. The van der Waals surface area contributed by atoms with Crippen molar-refractivity contribution >= 4 is 29.9 Å². The first-order chi connectivity index (χ1) is 8.82. The average molecular weight is 401 g/mol. The van der Waals surface area contributed by atoms with Gasteiger partial charge >= 0.3 is 0 Å². The Labute approximate surface area is 141 Å². The minimum Gasteiger partial charge on any atom is -0.388 e. The molecule has 0 amide bonds. The number of ether oxygens (including phenoxy) is 1. The average Bonchev–Trinajstić information content (AvgIpc) is 2.41. The van der Waals surface area contributed by atoms with E-state index >= 15 is 0 Å². The van der Waals surface area contributed by atoms with E-state index in [1.165, 1.54) is 0 Å². The molecule has 0 spiro atoms. The molecule has 0 rings (SSSR count). The molecule has 0 radical (unpaired) electrons. The second-order valence-corrected chi connectivity index (χ2v) is 5.44. The van der Waals surface area contributed by atoms with Crippen LogP contribution in [0.1, 0.15) is 47.5 Å². The van der Waals surface area contributed by atoms with E-state index in [4.69, 9.17) is 4.74 Å². The van der Waals surface area contributed by atoms with Gasteiger partial charge in [0.1, 0.15) is 0 Å². The second kappa shape index (κ2) is 10.6. The zero-order chi connectivity index (χ0) is 14.9. The summed E-state index contributed by atoms with van der Waals surface area (Å²) in [4.78, 5) is 4.45. The van der Waals surface area contributed by atoms with Gasteiger partial charge in [-0.2, -0.15) is 0 Å². The van der Waals surface area contributed by atoms with E-state index in [0.717, 1.165) is 6.54 Å². The first-order valence-electron chi connectivity index (χ1n) is 7.12. The van der Waals surface area contributed by atoms with Crippen molar-refractivity contribution in [3.63, 3.8) is 0 Å². The number of rotatable bonds is 8. The second-order valence-electron chi connectivity index (χ2n) is 5.44. The highest BCUT2D eigenvalue weighted by atomic mass is 127. The van der Waals surface area contributed by atoms with Gasteiger partial charge in [0, 0.05) is 20.2 Å². The van der Waals surface area contributed by atoms with Crippen LogP contribution in [0.15, 0.2) is 4.99 Å². The van der Waals surface area contributed by atoms with Gasteiger partial charge in [-0.3, -0.25) is 4.99 Å². The molecule has 0 heterocycles. The fourth-order valence-electron chi connectivity index (χ4n) is 1.41. The van der Waals surface area contributed by atoms with Crippen molar-refractivity contribution in [2.24, 2.45) is 4.99 Å². The summed E-state index contributed by atoms with van der Waals surface area (Å²) in [6.45, 7) is 11.9. The summed E-state index contributed by atoms with van der Waals surface area (Å²) in [7, 11) is 1.69. The van der Waals surface area contributed by atoms with Gasteiger partial charge in [-0.05, 0) is 33.6 Å². The van der Waals surface area contributed by atoms with Gasteiger partial charge in [-0.15, -0.1) is 24.0 Å². The minimum absolute atomic E-state index is 0. The number of nitrogens with one attached hydrogen (secondary N) is 2. The lowest BCUT2D eigenvalue weighted by molar-refractivity contribution is 0.0266. The number of aliphatic imine (C=N–C) groups is 1. The molecular formula is C14H32IN3O2. The van der Waals surface area contributed by atoms with Crippen LogP contribution < -0.4 is 10.6 Å². The quantitative estimate of drug-likeness (QED) is 0.331. The third-order valence-electron chi connectivity index (χ3n) is 3.43. The number of methoxy groups -OCH3 is 1. The molecule has 0 aromatic heterocycles. The van der Waals surface area contributed by atoms with Crippen LogP contribution >= 0.6 is 24.0 Å². The van der Waals surface area contributed by atoms with Crippen molar-refractivity contribution in [3.05, 3.63) is 0 Å². The Morgan fingerprint density at radius 1 is 1.15 bits per heavy atom. The predicted molar refractivity (Wildman–Crippen MR) is 96.0 cm³/mol. The van der Waals surface area contributed by atoms with Crippen LogP contribution in [0.25, 0.3) is 0 Å². The molecule has 0 fully saturated rings. The van der Waals surface area contributed by atoms with E-state index in [1.807, 2.05) is 34.6 Å². The zero-order valence-electron chi connectivity index (χ0n) is 13.7. The van der Waals surface area contributed by atoms with E-state index in [2.05, 4.69) is 15.6 Å². The maximum absolute atomic E-state index is 10.2. The Morgan fingerprint density at radius 3 is 2.10 bits per heavy atom. The monoisotopic (exact) mass is 401 g/mol. The van der Waals surface area contributed by atoms with Gasteiger partial charge in [-0.1, -0.05) is 13.8 Å². The summed E-state index contributed by atoms with van der Waals surface area (Å²) in [6, 6.07) is 0. The van der Waals surface area contributed by atoms with E-state index in [0.29, 0.717) is 31.9 Å². The van der Waals surface area contributed by atoms with Gasteiger partial charge in [-0.25, -0.2) is 0 Å². The lowest BCUT2D eigenvalue weighted by Gasteiger charge is -2.26. The molecule has 0 bridgehead atoms. The number of hydrogen-bond acceptors (Lipinski definition) is 3. The van der Waals surface area contributed by atoms with Crippen molar-refractivity contribution in [1.29, 1.82) is 0 Å². The summed E-state index contributed by atoms with van der Waals surface area (Å²) in [5, 5.41) is 16.6. The molecule has 20 heavy (non-hydrogen) atoms. The van der Waals surface area contributed by atoms with Crippen molar-refractivity contribution < 1.29 is 9.84 Å². The Balaban J connectivity index is 0. The maximum atomic E-state index is 10.2. The molecular weight excluding hydrogens is 369 g/mol. The van der Waals surface area contributed by atoms with Gasteiger partial charge in [0.25, 0.3) is 0 Å². The van der Waals surface area contributed by atoms with Crippen molar-refractivity contribution in [3.8, 4) is 0 Å². The fraction of sp³-hybridized carbons (Fsp3) is 0.929. The van der Waals surface area contributed by atoms with Gasteiger partial charge in [0.15, 0.2) is 5.96 Å². The molecule has 0 saturated carbocycles. The maximum Gasteiger partial charge on any atom is 0.191 e. The minimum atomic E-state index is -0.709. The number of halogens is 1. The van der Waals surface area contributed by atoms with Crippen molar-refractivity contribution in [2.45, 2.75) is 58.7 Å². The number of aliphatic hydroxyl groups is 1. The molecule has 3 N–H and O–H groups in total. The molecule has 6 heteroatoms. The Morgan fingerprint density at radius 2 is 1.70 bits per heavy atom. The van der Waals surface area contributed by atoms with E-state index in [-0.39, 0.29) is 29.6 Å². The van der Waals surface area contributed by atoms with Crippen LogP contribution in [0, 0.1) is 0 Å². The molecule has 0 saturated heterocycles. The molecule has 122 valence electrons. The lowest BCUT2D eigenvalue weighted by atomic mass is 9.98. The largest absolute Gasteiger partial charge is 0.388 e. The summed E-state index contributed by atoms with van der Waals surface area (Å²) in [5.74, 6) is 0.716. The normalized spacial score (nSPS) is 12.8. The molecule has 0 aliphatic heterocycles. The highest BCUT2D eigenvalue weighted by Crippen LogP contribution is 2.14. The topological polar surface area (TPSA) is 65.9 Å². The van der Waals surface area contributed by atoms with Gasteiger partial charge in [0.2, 0.25) is 0 Å². The first kappa shape index (κ1) is 22.2. The van der Waals surface area contributed by atoms with Crippen LogP contribution in [0.5, 0.6) is 0 Å².